The number of nitrogens with zero attached hydrogens (tertiary/aromatic N) is 2. The van der Waals surface area contributed by atoms with Crippen molar-refractivity contribution in [1.82, 2.24) is 15.3 Å². The average molecular weight is 287 g/mol. The zero-order valence-corrected chi connectivity index (χ0v) is 12.7. The summed E-state index contributed by atoms with van der Waals surface area (Å²) in [4.78, 5) is 8.71. The monoisotopic (exact) mass is 287 g/mol. The van der Waals surface area contributed by atoms with E-state index >= 15 is 0 Å². The normalized spacial score (nSPS) is 12.0. The zero-order chi connectivity index (χ0) is 15.1. The molecule has 112 valence electrons. The van der Waals surface area contributed by atoms with Crippen LogP contribution >= 0.6 is 0 Å². The quantitative estimate of drug-likeness (QED) is 0.847. The molecule has 0 aliphatic carbocycles. The molecule has 2 aromatic heterocycles. The van der Waals surface area contributed by atoms with Gasteiger partial charge < -0.3 is 14.8 Å². The molecule has 0 spiro atoms. The van der Waals surface area contributed by atoms with Gasteiger partial charge in [0.05, 0.1) is 26.0 Å². The highest BCUT2D eigenvalue weighted by molar-refractivity contribution is 5.31. The molecule has 1 unspecified atom stereocenters. The van der Waals surface area contributed by atoms with E-state index in [4.69, 9.17) is 9.47 Å². The Balaban J connectivity index is 2.21. The molecule has 2 heterocycles. The number of likely N-dealkylation sites (N-methyl/N-ethyl adjacent to an activating group) is 1. The van der Waals surface area contributed by atoms with Crippen LogP contribution in [0.5, 0.6) is 11.6 Å². The van der Waals surface area contributed by atoms with E-state index in [2.05, 4.69) is 22.2 Å². The van der Waals surface area contributed by atoms with Crippen LogP contribution in [-0.4, -0.2) is 30.7 Å². The summed E-state index contributed by atoms with van der Waals surface area (Å²) in [5, 5.41) is 3.45. The Hall–Kier alpha value is -2.14. The molecule has 21 heavy (non-hydrogen) atoms. The van der Waals surface area contributed by atoms with E-state index in [1.807, 2.05) is 30.5 Å². The lowest BCUT2D eigenvalue weighted by Gasteiger charge is -2.19. The second-order valence-electron chi connectivity index (χ2n) is 4.61. The molecule has 5 nitrogen and oxygen atoms in total. The maximum Gasteiger partial charge on any atom is 0.212 e. The molecule has 0 amide bonds. The van der Waals surface area contributed by atoms with Crippen molar-refractivity contribution in [3.63, 3.8) is 0 Å². The minimum Gasteiger partial charge on any atom is -0.495 e. The number of nitrogens with one attached hydrogen (secondary N) is 1. The summed E-state index contributed by atoms with van der Waals surface area (Å²) in [5.74, 6) is 1.42. The van der Waals surface area contributed by atoms with Gasteiger partial charge in [-0.2, -0.15) is 0 Å². The average Bonchev–Trinajstić information content (AvgIpc) is 2.55. The third-order valence-corrected chi connectivity index (χ3v) is 3.25. The summed E-state index contributed by atoms with van der Waals surface area (Å²) in [6.07, 6.45) is 4.41. The Bertz CT molecular complexity index is 558. The van der Waals surface area contributed by atoms with Gasteiger partial charge in [-0.25, -0.2) is 4.98 Å². The molecule has 0 radical (unpaired) electrons. The number of aromatic nitrogens is 2. The Morgan fingerprint density at radius 1 is 1.14 bits per heavy atom. The van der Waals surface area contributed by atoms with Crippen molar-refractivity contribution in [2.45, 2.75) is 19.4 Å². The molecule has 2 rings (SSSR count). The van der Waals surface area contributed by atoms with Crippen LogP contribution in [0.2, 0.25) is 0 Å². The molecule has 0 aromatic carbocycles. The summed E-state index contributed by atoms with van der Waals surface area (Å²) < 4.78 is 10.5. The predicted octanol–water partition coefficient (Wildman–Crippen LogP) is 2.39. The van der Waals surface area contributed by atoms with Crippen LogP contribution in [0.1, 0.15) is 24.2 Å². The molecule has 2 aromatic rings. The second-order valence-corrected chi connectivity index (χ2v) is 4.61. The lowest BCUT2D eigenvalue weighted by molar-refractivity contribution is 0.392. The van der Waals surface area contributed by atoms with Gasteiger partial charge in [0, 0.05) is 18.5 Å². The van der Waals surface area contributed by atoms with Gasteiger partial charge >= 0.3 is 0 Å². The van der Waals surface area contributed by atoms with Gasteiger partial charge in [0.25, 0.3) is 0 Å². The van der Waals surface area contributed by atoms with E-state index in [1.165, 1.54) is 0 Å². The minimum absolute atomic E-state index is 0.0846. The van der Waals surface area contributed by atoms with Crippen molar-refractivity contribution in [2.24, 2.45) is 0 Å². The fourth-order valence-electron chi connectivity index (χ4n) is 2.24. The van der Waals surface area contributed by atoms with E-state index in [0.29, 0.717) is 5.88 Å². The van der Waals surface area contributed by atoms with Crippen molar-refractivity contribution in [3.8, 4) is 11.6 Å². The maximum atomic E-state index is 5.41. The van der Waals surface area contributed by atoms with E-state index < -0.39 is 0 Å². The third kappa shape index (κ3) is 3.92. The number of methoxy groups -OCH3 is 2. The van der Waals surface area contributed by atoms with Crippen molar-refractivity contribution in [2.75, 3.05) is 20.8 Å². The van der Waals surface area contributed by atoms with Gasteiger partial charge in [-0.1, -0.05) is 13.0 Å². The van der Waals surface area contributed by atoms with Gasteiger partial charge in [0.15, 0.2) is 0 Å². The summed E-state index contributed by atoms with van der Waals surface area (Å²) in [6, 6.07) is 7.78. The lowest BCUT2D eigenvalue weighted by atomic mass is 10.0. The first-order valence-corrected chi connectivity index (χ1v) is 6.99. The van der Waals surface area contributed by atoms with Crippen molar-refractivity contribution < 1.29 is 9.47 Å². The lowest BCUT2D eigenvalue weighted by Crippen LogP contribution is -2.24. The van der Waals surface area contributed by atoms with Gasteiger partial charge in [-0.15, -0.1) is 0 Å². The molecule has 0 aliphatic rings. The number of hydrogen-bond acceptors (Lipinski definition) is 5. The van der Waals surface area contributed by atoms with Crippen molar-refractivity contribution >= 4 is 0 Å². The Morgan fingerprint density at radius 2 is 2.00 bits per heavy atom. The molecule has 5 heteroatoms. The molecule has 0 saturated carbocycles. The predicted molar refractivity (Wildman–Crippen MR) is 81.7 cm³/mol. The topological polar surface area (TPSA) is 56.3 Å². The minimum atomic E-state index is 0.0846. The van der Waals surface area contributed by atoms with E-state index in [0.717, 1.165) is 30.0 Å². The summed E-state index contributed by atoms with van der Waals surface area (Å²) in [6.45, 7) is 2.93. The summed E-state index contributed by atoms with van der Waals surface area (Å²) >= 11 is 0. The smallest absolute Gasteiger partial charge is 0.212 e. The molecule has 1 atom stereocenters. The van der Waals surface area contributed by atoms with Crippen molar-refractivity contribution in [3.05, 3.63) is 47.9 Å². The van der Waals surface area contributed by atoms with Crippen LogP contribution in [-0.2, 0) is 6.42 Å². The number of rotatable bonds is 7. The molecule has 0 bridgehead atoms. The van der Waals surface area contributed by atoms with Gasteiger partial charge in [-0.05, 0) is 30.7 Å². The first kappa shape index (κ1) is 15.3. The SMILES string of the molecule is CCNC(Cc1ccc(OC)nc1)c1ncccc1OC. The Morgan fingerprint density at radius 3 is 2.62 bits per heavy atom. The fourth-order valence-corrected chi connectivity index (χ4v) is 2.24. The van der Waals surface area contributed by atoms with Crippen LogP contribution in [0.25, 0.3) is 0 Å². The molecule has 1 N–H and O–H groups in total. The van der Waals surface area contributed by atoms with Crippen molar-refractivity contribution in [1.29, 1.82) is 0 Å². The summed E-state index contributed by atoms with van der Waals surface area (Å²) in [5.41, 5.74) is 2.03. The molecular weight excluding hydrogens is 266 g/mol. The largest absolute Gasteiger partial charge is 0.495 e. The van der Waals surface area contributed by atoms with Gasteiger partial charge in [0.2, 0.25) is 5.88 Å². The zero-order valence-electron chi connectivity index (χ0n) is 12.7. The maximum absolute atomic E-state index is 5.41. The number of ether oxygens (including phenoxy) is 2. The highest BCUT2D eigenvalue weighted by Crippen LogP contribution is 2.25. The molecule has 0 fully saturated rings. The van der Waals surface area contributed by atoms with E-state index in [1.54, 1.807) is 20.4 Å². The first-order valence-electron chi connectivity index (χ1n) is 6.99. The van der Waals surface area contributed by atoms with Crippen LogP contribution in [0.4, 0.5) is 0 Å². The van der Waals surface area contributed by atoms with E-state index in [-0.39, 0.29) is 6.04 Å². The summed E-state index contributed by atoms with van der Waals surface area (Å²) in [7, 11) is 3.28. The molecule has 0 saturated heterocycles. The Labute approximate surface area is 125 Å². The standard InChI is InChI=1S/C16H21N3O2/c1-4-17-13(16-14(20-2)6-5-9-18-16)10-12-7-8-15(21-3)19-11-12/h5-9,11,13,17H,4,10H2,1-3H3. The first-order chi connectivity index (χ1) is 10.3. The van der Waals surface area contributed by atoms with Crippen LogP contribution in [0, 0.1) is 0 Å². The molecule has 0 aliphatic heterocycles. The molecular formula is C16H21N3O2. The number of pyridine rings is 2. The second kappa shape index (κ2) is 7.59. The van der Waals surface area contributed by atoms with Gasteiger partial charge in [-0.3, -0.25) is 4.98 Å². The van der Waals surface area contributed by atoms with E-state index in [9.17, 15) is 0 Å². The highest BCUT2D eigenvalue weighted by atomic mass is 16.5. The number of hydrogen-bond donors (Lipinski definition) is 1. The van der Waals surface area contributed by atoms with Gasteiger partial charge in [0.1, 0.15) is 5.75 Å². The van der Waals surface area contributed by atoms with Crippen LogP contribution in [0.15, 0.2) is 36.7 Å². The third-order valence-electron chi connectivity index (χ3n) is 3.25. The Kier molecular flexibility index (Phi) is 5.51. The highest BCUT2D eigenvalue weighted by Gasteiger charge is 2.17. The van der Waals surface area contributed by atoms with Crippen LogP contribution in [0.3, 0.4) is 0 Å². The van der Waals surface area contributed by atoms with Crippen LogP contribution < -0.4 is 14.8 Å². The fraction of sp³-hybridized carbons (Fsp3) is 0.375.